The highest BCUT2D eigenvalue weighted by Crippen LogP contribution is 2.37. The number of hydrogen-bond acceptors (Lipinski definition) is 7. The van der Waals surface area contributed by atoms with E-state index in [1.165, 1.54) is 23.9 Å². The zero-order valence-electron chi connectivity index (χ0n) is 17.8. The van der Waals surface area contributed by atoms with E-state index in [0.717, 1.165) is 17.2 Å². The Hall–Kier alpha value is -2.30. The van der Waals surface area contributed by atoms with Crippen LogP contribution in [0.1, 0.15) is 31.9 Å². The van der Waals surface area contributed by atoms with Gasteiger partial charge in [0.25, 0.3) is 5.69 Å². The third-order valence-electron chi connectivity index (χ3n) is 4.10. The smallest absolute Gasteiger partial charge is 0.284 e. The van der Waals surface area contributed by atoms with Gasteiger partial charge in [0.1, 0.15) is 0 Å². The van der Waals surface area contributed by atoms with Crippen molar-refractivity contribution in [3.05, 3.63) is 51.6 Å². The van der Waals surface area contributed by atoms with Crippen LogP contribution >= 0.6 is 11.8 Å². The van der Waals surface area contributed by atoms with Crippen LogP contribution in [0.5, 0.6) is 11.5 Å². The average molecular weight is 455 g/mol. The van der Waals surface area contributed by atoms with Crippen LogP contribution < -0.4 is 14.2 Å². The molecule has 0 aliphatic carbocycles. The van der Waals surface area contributed by atoms with Gasteiger partial charge >= 0.3 is 0 Å². The maximum atomic E-state index is 12.5. The van der Waals surface area contributed by atoms with Crippen LogP contribution in [0.2, 0.25) is 0 Å². The highest BCUT2D eigenvalue weighted by molar-refractivity contribution is 7.98. The molecule has 0 amide bonds. The molecule has 0 aliphatic heterocycles. The number of hydrogen-bond donors (Lipinski definition) is 1. The Morgan fingerprint density at radius 1 is 1.10 bits per heavy atom. The van der Waals surface area contributed by atoms with E-state index in [-0.39, 0.29) is 10.6 Å². The molecule has 0 bridgehead atoms. The van der Waals surface area contributed by atoms with Crippen LogP contribution in [0.4, 0.5) is 5.69 Å². The van der Waals surface area contributed by atoms with Crippen LogP contribution in [-0.4, -0.2) is 33.1 Å². The first-order valence-corrected chi connectivity index (χ1v) is 11.5. The topological polar surface area (TPSA) is 108 Å². The molecule has 0 heterocycles. The van der Waals surface area contributed by atoms with E-state index in [0.29, 0.717) is 22.1 Å². The molecule has 30 heavy (non-hydrogen) atoms. The molecule has 8 nitrogen and oxygen atoms in total. The van der Waals surface area contributed by atoms with E-state index in [4.69, 9.17) is 9.47 Å². The Morgan fingerprint density at radius 3 is 2.23 bits per heavy atom. The Balaban J connectivity index is 2.34. The zero-order chi connectivity index (χ0) is 22.7. The maximum absolute atomic E-state index is 12.5. The number of rotatable bonds is 8. The fourth-order valence-electron chi connectivity index (χ4n) is 2.72. The number of benzene rings is 2. The molecule has 0 aromatic heterocycles. The standard InChI is InChI=1S/C20H26N2O6S2/c1-13-9-17(27-5)18(28-6)10-14(13)12-29-19-8-7-15(11-16(19)22(23)24)30(25,26)21-20(2,3)4/h7-11,21H,12H2,1-6H3. The number of sulfonamides is 1. The van der Waals surface area contributed by atoms with Gasteiger partial charge in [-0.05, 0) is 63.1 Å². The van der Waals surface area contributed by atoms with Gasteiger partial charge in [0, 0.05) is 17.4 Å². The predicted octanol–water partition coefficient (Wildman–Crippen LogP) is 4.29. The SMILES string of the molecule is COc1cc(C)c(CSc2ccc(S(=O)(=O)NC(C)(C)C)cc2[N+](=O)[O-])cc1OC. The van der Waals surface area contributed by atoms with E-state index < -0.39 is 20.5 Å². The Labute approximate surface area is 181 Å². The average Bonchev–Trinajstić information content (AvgIpc) is 2.64. The lowest BCUT2D eigenvalue weighted by Gasteiger charge is -2.20. The van der Waals surface area contributed by atoms with Crippen molar-refractivity contribution in [3.63, 3.8) is 0 Å². The summed E-state index contributed by atoms with van der Waals surface area (Å²) in [5.41, 5.74) is 0.927. The van der Waals surface area contributed by atoms with E-state index >= 15 is 0 Å². The highest BCUT2D eigenvalue weighted by Gasteiger charge is 2.25. The van der Waals surface area contributed by atoms with Crippen LogP contribution in [0, 0.1) is 17.0 Å². The normalized spacial score (nSPS) is 11.9. The molecule has 10 heteroatoms. The number of thioether (sulfide) groups is 1. The van der Waals surface area contributed by atoms with Gasteiger partial charge in [0.2, 0.25) is 10.0 Å². The molecule has 0 unspecified atom stereocenters. The molecule has 0 atom stereocenters. The van der Waals surface area contributed by atoms with Crippen LogP contribution in [0.15, 0.2) is 40.1 Å². The predicted molar refractivity (Wildman–Crippen MR) is 117 cm³/mol. The highest BCUT2D eigenvalue weighted by atomic mass is 32.2. The number of aryl methyl sites for hydroxylation is 1. The lowest BCUT2D eigenvalue weighted by Crippen LogP contribution is -2.40. The summed E-state index contributed by atoms with van der Waals surface area (Å²) in [5, 5.41) is 11.6. The summed E-state index contributed by atoms with van der Waals surface area (Å²) in [6.45, 7) is 7.03. The summed E-state index contributed by atoms with van der Waals surface area (Å²) in [4.78, 5) is 11.3. The number of nitrogens with zero attached hydrogens (tertiary/aromatic N) is 1. The molecule has 0 aliphatic rings. The summed E-state index contributed by atoms with van der Waals surface area (Å²) in [7, 11) is -0.779. The molecule has 2 aromatic carbocycles. The minimum Gasteiger partial charge on any atom is -0.493 e. The zero-order valence-corrected chi connectivity index (χ0v) is 19.4. The minimum atomic E-state index is -3.88. The minimum absolute atomic E-state index is 0.143. The number of nitro groups is 1. The molecule has 2 rings (SSSR count). The van der Waals surface area contributed by atoms with Crippen molar-refractivity contribution in [1.29, 1.82) is 0 Å². The Morgan fingerprint density at radius 2 is 1.70 bits per heavy atom. The maximum Gasteiger partial charge on any atom is 0.284 e. The molecule has 1 N–H and O–H groups in total. The molecule has 0 saturated carbocycles. The fourth-order valence-corrected chi connectivity index (χ4v) is 5.23. The molecule has 0 spiro atoms. The fraction of sp³-hybridized carbons (Fsp3) is 0.400. The lowest BCUT2D eigenvalue weighted by molar-refractivity contribution is -0.388. The molecule has 164 valence electrons. The number of nitro benzene ring substituents is 1. The van der Waals surface area contributed by atoms with Crippen LogP contribution in [0.3, 0.4) is 0 Å². The summed E-state index contributed by atoms with van der Waals surface area (Å²) >= 11 is 1.25. The van der Waals surface area contributed by atoms with E-state index in [1.54, 1.807) is 35.0 Å². The summed E-state index contributed by atoms with van der Waals surface area (Å²) in [6.07, 6.45) is 0. The first-order chi connectivity index (χ1) is 13.9. The second-order valence-electron chi connectivity index (χ2n) is 7.66. The van der Waals surface area contributed by atoms with Crippen molar-refractivity contribution in [3.8, 4) is 11.5 Å². The summed E-state index contributed by atoms with van der Waals surface area (Å²) in [6, 6.07) is 7.62. The van der Waals surface area contributed by atoms with Crippen molar-refractivity contribution in [1.82, 2.24) is 4.72 Å². The van der Waals surface area contributed by atoms with Gasteiger partial charge in [-0.25, -0.2) is 13.1 Å². The Bertz CT molecular complexity index is 1050. The lowest BCUT2D eigenvalue weighted by atomic mass is 10.1. The van der Waals surface area contributed by atoms with E-state index in [9.17, 15) is 18.5 Å². The Kier molecular flexibility index (Phi) is 7.38. The third kappa shape index (κ3) is 5.87. The molecular formula is C20H26N2O6S2. The monoisotopic (exact) mass is 454 g/mol. The van der Waals surface area contributed by atoms with Gasteiger partial charge in [0.05, 0.1) is 28.9 Å². The first kappa shape index (κ1) is 24.0. The third-order valence-corrected chi connectivity index (χ3v) is 6.97. The van der Waals surface area contributed by atoms with Gasteiger partial charge in [0.15, 0.2) is 11.5 Å². The van der Waals surface area contributed by atoms with Gasteiger partial charge < -0.3 is 9.47 Å². The van der Waals surface area contributed by atoms with Crippen molar-refractivity contribution in [2.45, 2.75) is 48.8 Å². The second-order valence-corrected chi connectivity index (χ2v) is 10.4. The molecule has 0 fully saturated rings. The van der Waals surface area contributed by atoms with E-state index in [2.05, 4.69) is 4.72 Å². The number of ether oxygens (including phenoxy) is 2. The molecule has 2 aromatic rings. The van der Waals surface area contributed by atoms with Gasteiger partial charge in [-0.2, -0.15) is 0 Å². The number of nitrogens with one attached hydrogen (secondary N) is 1. The summed E-state index contributed by atoms with van der Waals surface area (Å²) in [5.74, 6) is 1.62. The molecular weight excluding hydrogens is 428 g/mol. The van der Waals surface area contributed by atoms with Gasteiger partial charge in [-0.3, -0.25) is 10.1 Å². The van der Waals surface area contributed by atoms with Crippen molar-refractivity contribution >= 4 is 27.5 Å². The van der Waals surface area contributed by atoms with Crippen molar-refractivity contribution < 1.29 is 22.8 Å². The summed E-state index contributed by atoms with van der Waals surface area (Å²) < 4.78 is 38.2. The van der Waals surface area contributed by atoms with Gasteiger partial charge in [-0.15, -0.1) is 11.8 Å². The first-order valence-electron chi connectivity index (χ1n) is 9.04. The quantitative estimate of drug-likeness (QED) is 0.360. The van der Waals surface area contributed by atoms with E-state index in [1.807, 2.05) is 19.1 Å². The van der Waals surface area contributed by atoms with Gasteiger partial charge in [-0.1, -0.05) is 0 Å². The largest absolute Gasteiger partial charge is 0.493 e. The number of methoxy groups -OCH3 is 2. The van der Waals surface area contributed by atoms with Crippen molar-refractivity contribution in [2.24, 2.45) is 0 Å². The van der Waals surface area contributed by atoms with Crippen molar-refractivity contribution in [2.75, 3.05) is 14.2 Å². The molecule has 0 radical (unpaired) electrons. The molecule has 0 saturated heterocycles. The second kappa shape index (κ2) is 9.23. The van der Waals surface area contributed by atoms with Crippen LogP contribution in [-0.2, 0) is 15.8 Å². The van der Waals surface area contributed by atoms with Crippen LogP contribution in [0.25, 0.3) is 0 Å².